The summed E-state index contributed by atoms with van der Waals surface area (Å²) in [5.74, 6) is -0.399. The van der Waals surface area contributed by atoms with Gasteiger partial charge in [0.25, 0.3) is 0 Å². The normalized spacial score (nSPS) is 16.0. The molecule has 0 aromatic carbocycles. The number of hydrogen-bond acceptors (Lipinski definition) is 2. The Kier molecular flexibility index (Phi) is 3.54. The predicted octanol–water partition coefficient (Wildman–Crippen LogP) is -0.287. The average Bonchev–Trinajstić information content (AvgIpc) is 1.96. The summed E-state index contributed by atoms with van der Waals surface area (Å²) < 4.78 is 0. The Morgan fingerprint density at radius 1 is 1.38 bits per heavy atom. The van der Waals surface area contributed by atoms with Crippen molar-refractivity contribution in [2.75, 3.05) is 6.54 Å². The van der Waals surface area contributed by atoms with Crippen molar-refractivity contribution in [3.05, 3.63) is 0 Å². The second-order valence-corrected chi connectivity index (χ2v) is 3.24. The van der Waals surface area contributed by atoms with Crippen molar-refractivity contribution in [2.45, 2.75) is 31.7 Å². The standard InChI is InChI=1S/C8H15N3O2/c9-7(12)4-5-10-8(13)11-6-2-1-3-6/h6H,1-5H2,(H2,9,12)(H2,10,11,13). The van der Waals surface area contributed by atoms with Crippen LogP contribution >= 0.6 is 0 Å². The number of primary amides is 1. The molecule has 3 amide bonds. The first-order valence-electron chi connectivity index (χ1n) is 4.51. The van der Waals surface area contributed by atoms with E-state index in [0.29, 0.717) is 12.6 Å². The van der Waals surface area contributed by atoms with Gasteiger partial charge in [-0.2, -0.15) is 0 Å². The first kappa shape index (κ1) is 9.83. The fourth-order valence-electron chi connectivity index (χ4n) is 1.09. The zero-order chi connectivity index (χ0) is 9.68. The molecule has 0 aromatic rings. The van der Waals surface area contributed by atoms with Crippen LogP contribution < -0.4 is 16.4 Å². The highest BCUT2D eigenvalue weighted by Crippen LogP contribution is 2.17. The molecule has 0 aromatic heterocycles. The van der Waals surface area contributed by atoms with Crippen LogP contribution in [0.4, 0.5) is 4.79 Å². The minimum absolute atomic E-state index is 0.193. The molecule has 5 nitrogen and oxygen atoms in total. The van der Waals surface area contributed by atoms with Crippen LogP contribution in [0.1, 0.15) is 25.7 Å². The summed E-state index contributed by atoms with van der Waals surface area (Å²) in [6.45, 7) is 0.313. The summed E-state index contributed by atoms with van der Waals surface area (Å²) in [5, 5.41) is 5.35. The average molecular weight is 185 g/mol. The van der Waals surface area contributed by atoms with Crippen LogP contribution in [0, 0.1) is 0 Å². The number of amides is 3. The van der Waals surface area contributed by atoms with Crippen molar-refractivity contribution in [3.63, 3.8) is 0 Å². The van der Waals surface area contributed by atoms with Gasteiger partial charge in [-0.05, 0) is 19.3 Å². The monoisotopic (exact) mass is 185 g/mol. The number of carbonyl (C=O) groups excluding carboxylic acids is 2. The second kappa shape index (κ2) is 4.69. The number of hydrogen-bond donors (Lipinski definition) is 3. The lowest BCUT2D eigenvalue weighted by molar-refractivity contribution is -0.117. The van der Waals surface area contributed by atoms with Crippen molar-refractivity contribution in [2.24, 2.45) is 5.73 Å². The van der Waals surface area contributed by atoms with E-state index >= 15 is 0 Å². The van der Waals surface area contributed by atoms with Gasteiger partial charge in [-0.15, -0.1) is 0 Å². The molecule has 1 aliphatic carbocycles. The van der Waals surface area contributed by atoms with Gasteiger partial charge in [0.2, 0.25) is 5.91 Å². The highest BCUT2D eigenvalue weighted by Gasteiger charge is 2.18. The molecule has 0 atom stereocenters. The van der Waals surface area contributed by atoms with Gasteiger partial charge >= 0.3 is 6.03 Å². The molecule has 1 fully saturated rings. The zero-order valence-electron chi connectivity index (χ0n) is 7.51. The van der Waals surface area contributed by atoms with E-state index in [9.17, 15) is 9.59 Å². The number of urea groups is 1. The predicted molar refractivity (Wildman–Crippen MR) is 48.0 cm³/mol. The molecule has 1 rings (SSSR count). The Balaban J connectivity index is 2.00. The molecule has 13 heavy (non-hydrogen) atoms. The van der Waals surface area contributed by atoms with Crippen LogP contribution in [0.25, 0.3) is 0 Å². The molecule has 0 bridgehead atoms. The third-order valence-corrected chi connectivity index (χ3v) is 2.10. The van der Waals surface area contributed by atoms with E-state index in [1.165, 1.54) is 6.42 Å². The molecule has 5 heteroatoms. The van der Waals surface area contributed by atoms with Crippen molar-refractivity contribution in [3.8, 4) is 0 Å². The smallest absolute Gasteiger partial charge is 0.315 e. The first-order chi connectivity index (χ1) is 6.18. The van der Waals surface area contributed by atoms with Crippen LogP contribution in [-0.4, -0.2) is 24.5 Å². The van der Waals surface area contributed by atoms with Crippen LogP contribution in [0.2, 0.25) is 0 Å². The SMILES string of the molecule is NC(=O)CCNC(=O)NC1CCC1. The molecule has 0 aliphatic heterocycles. The van der Waals surface area contributed by atoms with Gasteiger partial charge in [-0.1, -0.05) is 0 Å². The Morgan fingerprint density at radius 3 is 2.54 bits per heavy atom. The van der Waals surface area contributed by atoms with E-state index in [-0.39, 0.29) is 12.5 Å². The van der Waals surface area contributed by atoms with Crippen molar-refractivity contribution in [1.82, 2.24) is 10.6 Å². The molecule has 0 radical (unpaired) electrons. The van der Waals surface area contributed by atoms with E-state index < -0.39 is 5.91 Å². The van der Waals surface area contributed by atoms with Crippen LogP contribution in [-0.2, 0) is 4.79 Å². The minimum Gasteiger partial charge on any atom is -0.370 e. The fraction of sp³-hybridized carbons (Fsp3) is 0.750. The number of nitrogens with one attached hydrogen (secondary N) is 2. The third-order valence-electron chi connectivity index (χ3n) is 2.10. The van der Waals surface area contributed by atoms with Crippen LogP contribution in [0.15, 0.2) is 0 Å². The van der Waals surface area contributed by atoms with Gasteiger partial charge in [0.05, 0.1) is 0 Å². The molecule has 4 N–H and O–H groups in total. The second-order valence-electron chi connectivity index (χ2n) is 3.24. The van der Waals surface area contributed by atoms with E-state index in [1.807, 2.05) is 0 Å². The molecule has 74 valence electrons. The number of carbonyl (C=O) groups is 2. The van der Waals surface area contributed by atoms with E-state index in [4.69, 9.17) is 5.73 Å². The summed E-state index contributed by atoms with van der Waals surface area (Å²) in [5.41, 5.74) is 4.91. The molecular weight excluding hydrogens is 170 g/mol. The topological polar surface area (TPSA) is 84.2 Å². The lowest BCUT2D eigenvalue weighted by Gasteiger charge is -2.26. The van der Waals surface area contributed by atoms with Crippen molar-refractivity contribution >= 4 is 11.9 Å². The highest BCUT2D eigenvalue weighted by molar-refractivity contribution is 5.77. The van der Waals surface area contributed by atoms with Gasteiger partial charge in [0.1, 0.15) is 0 Å². The molecular formula is C8H15N3O2. The zero-order valence-corrected chi connectivity index (χ0v) is 7.51. The van der Waals surface area contributed by atoms with E-state index in [1.54, 1.807) is 0 Å². The summed E-state index contributed by atoms with van der Waals surface area (Å²) >= 11 is 0. The molecule has 1 saturated carbocycles. The van der Waals surface area contributed by atoms with E-state index in [0.717, 1.165) is 12.8 Å². The lowest BCUT2D eigenvalue weighted by Crippen LogP contribution is -2.45. The number of rotatable bonds is 4. The van der Waals surface area contributed by atoms with Gasteiger partial charge < -0.3 is 16.4 Å². The van der Waals surface area contributed by atoms with Crippen molar-refractivity contribution in [1.29, 1.82) is 0 Å². The van der Waals surface area contributed by atoms with Gasteiger partial charge in [0, 0.05) is 19.0 Å². The molecule has 0 heterocycles. The number of nitrogens with two attached hydrogens (primary N) is 1. The highest BCUT2D eigenvalue weighted by atomic mass is 16.2. The fourth-order valence-corrected chi connectivity index (χ4v) is 1.09. The summed E-state index contributed by atoms with van der Waals surface area (Å²) in [7, 11) is 0. The maximum absolute atomic E-state index is 11.1. The Labute approximate surface area is 77.1 Å². The lowest BCUT2D eigenvalue weighted by atomic mass is 9.93. The van der Waals surface area contributed by atoms with Crippen LogP contribution in [0.3, 0.4) is 0 Å². The van der Waals surface area contributed by atoms with Crippen molar-refractivity contribution < 1.29 is 9.59 Å². The summed E-state index contributed by atoms with van der Waals surface area (Å²) in [6, 6.07) is 0.125. The third kappa shape index (κ3) is 3.78. The largest absolute Gasteiger partial charge is 0.370 e. The maximum Gasteiger partial charge on any atom is 0.315 e. The van der Waals surface area contributed by atoms with E-state index in [2.05, 4.69) is 10.6 Å². The van der Waals surface area contributed by atoms with Gasteiger partial charge in [-0.25, -0.2) is 4.79 Å². The molecule has 0 saturated heterocycles. The summed E-state index contributed by atoms with van der Waals surface area (Å²) in [4.78, 5) is 21.4. The molecule has 1 aliphatic rings. The Hall–Kier alpha value is -1.26. The van der Waals surface area contributed by atoms with Gasteiger partial charge in [-0.3, -0.25) is 4.79 Å². The molecule has 0 unspecified atom stereocenters. The molecule has 0 spiro atoms. The van der Waals surface area contributed by atoms with Gasteiger partial charge in [0.15, 0.2) is 0 Å². The first-order valence-corrected chi connectivity index (χ1v) is 4.51. The Bertz CT molecular complexity index is 202. The quantitative estimate of drug-likeness (QED) is 0.562. The minimum atomic E-state index is -0.399. The van der Waals surface area contributed by atoms with Crippen LogP contribution in [0.5, 0.6) is 0 Å². The Morgan fingerprint density at radius 2 is 2.08 bits per heavy atom. The summed E-state index contributed by atoms with van der Waals surface area (Å²) in [6.07, 6.45) is 3.50. The maximum atomic E-state index is 11.1.